The lowest BCUT2D eigenvalue weighted by atomic mass is 9.85. The van der Waals surface area contributed by atoms with Crippen LogP contribution in [-0.2, 0) is 4.79 Å². The van der Waals surface area contributed by atoms with E-state index in [2.05, 4.69) is 31.4 Å². The summed E-state index contributed by atoms with van der Waals surface area (Å²) in [5.74, 6) is 0.508. The van der Waals surface area contributed by atoms with E-state index in [0.717, 1.165) is 38.6 Å². The van der Waals surface area contributed by atoms with Crippen LogP contribution in [0.15, 0.2) is 0 Å². The van der Waals surface area contributed by atoms with Gasteiger partial charge in [0, 0.05) is 18.5 Å². The van der Waals surface area contributed by atoms with Gasteiger partial charge in [0.2, 0.25) is 5.91 Å². The zero-order valence-electron chi connectivity index (χ0n) is 11.8. The molecule has 1 fully saturated rings. The molecule has 1 aliphatic rings. The summed E-state index contributed by atoms with van der Waals surface area (Å²) in [6.07, 6.45) is 5.42. The van der Waals surface area contributed by atoms with Gasteiger partial charge in [-0.1, -0.05) is 20.8 Å². The van der Waals surface area contributed by atoms with Gasteiger partial charge in [-0.05, 0) is 44.6 Å². The molecule has 100 valence electrons. The summed E-state index contributed by atoms with van der Waals surface area (Å²) >= 11 is 0. The van der Waals surface area contributed by atoms with Crippen LogP contribution in [0.4, 0.5) is 0 Å². The quantitative estimate of drug-likeness (QED) is 0.774. The number of amides is 1. The largest absolute Gasteiger partial charge is 0.355 e. The van der Waals surface area contributed by atoms with Crippen LogP contribution in [-0.4, -0.2) is 25.5 Å². The lowest BCUT2D eigenvalue weighted by Gasteiger charge is -2.29. The lowest BCUT2D eigenvalue weighted by molar-refractivity contribution is -0.126. The summed E-state index contributed by atoms with van der Waals surface area (Å²) in [7, 11) is 2.01. The van der Waals surface area contributed by atoms with Gasteiger partial charge in [-0.2, -0.15) is 0 Å². The van der Waals surface area contributed by atoms with Crippen molar-refractivity contribution in [1.29, 1.82) is 0 Å². The number of nitrogens with one attached hydrogen (secondary N) is 2. The van der Waals surface area contributed by atoms with E-state index in [9.17, 15) is 4.79 Å². The predicted octanol–water partition coefficient (Wildman–Crippen LogP) is 2.32. The second-order valence-electron chi connectivity index (χ2n) is 6.07. The number of rotatable bonds is 5. The van der Waals surface area contributed by atoms with E-state index in [1.807, 2.05) is 7.05 Å². The molecule has 0 aromatic heterocycles. The summed E-state index contributed by atoms with van der Waals surface area (Å²) in [4.78, 5) is 12.0. The fourth-order valence-electron chi connectivity index (χ4n) is 2.24. The Kier molecular flexibility index (Phi) is 5.44. The zero-order chi connectivity index (χ0) is 12.9. The Morgan fingerprint density at radius 2 is 1.82 bits per heavy atom. The van der Waals surface area contributed by atoms with Crippen molar-refractivity contribution >= 4 is 5.91 Å². The average molecular weight is 240 g/mol. The molecule has 3 heteroatoms. The third-order valence-corrected chi connectivity index (χ3v) is 4.20. The monoisotopic (exact) mass is 240 g/mol. The molecule has 2 N–H and O–H groups in total. The molecule has 0 unspecified atom stereocenters. The molecule has 0 bridgehead atoms. The van der Waals surface area contributed by atoms with Gasteiger partial charge in [-0.25, -0.2) is 0 Å². The first-order chi connectivity index (χ1) is 7.98. The number of hydrogen-bond acceptors (Lipinski definition) is 2. The summed E-state index contributed by atoms with van der Waals surface area (Å²) in [5, 5.41) is 6.41. The molecule has 0 aromatic carbocycles. The number of carbonyl (C=O) groups excluding carboxylic acids is 1. The Labute approximate surface area is 106 Å². The van der Waals surface area contributed by atoms with E-state index >= 15 is 0 Å². The van der Waals surface area contributed by atoms with Gasteiger partial charge in [0.1, 0.15) is 0 Å². The standard InChI is InChI=1S/C14H28N2O/c1-5-14(2,3)10-16-13(17)11-6-8-12(15-4)9-7-11/h11-12,15H,5-10H2,1-4H3,(H,16,17). The van der Waals surface area contributed by atoms with Crippen LogP contribution in [0.5, 0.6) is 0 Å². The minimum absolute atomic E-state index is 0.220. The minimum atomic E-state index is 0.220. The van der Waals surface area contributed by atoms with Crippen LogP contribution in [0.25, 0.3) is 0 Å². The molecule has 0 heterocycles. The molecule has 1 amide bonds. The van der Waals surface area contributed by atoms with Gasteiger partial charge in [0.05, 0.1) is 0 Å². The summed E-state index contributed by atoms with van der Waals surface area (Å²) in [6.45, 7) is 7.37. The Morgan fingerprint density at radius 3 is 2.29 bits per heavy atom. The van der Waals surface area contributed by atoms with Crippen molar-refractivity contribution in [3.8, 4) is 0 Å². The fraction of sp³-hybridized carbons (Fsp3) is 0.929. The highest BCUT2D eigenvalue weighted by Gasteiger charge is 2.26. The molecule has 3 nitrogen and oxygen atoms in total. The third-order valence-electron chi connectivity index (χ3n) is 4.20. The van der Waals surface area contributed by atoms with Crippen LogP contribution in [0, 0.1) is 11.3 Å². The number of hydrogen-bond donors (Lipinski definition) is 2. The third kappa shape index (κ3) is 4.66. The Morgan fingerprint density at radius 1 is 1.24 bits per heavy atom. The molecular formula is C14H28N2O. The molecule has 0 spiro atoms. The van der Waals surface area contributed by atoms with Crippen molar-refractivity contribution in [3.05, 3.63) is 0 Å². The first-order valence-corrected chi connectivity index (χ1v) is 6.93. The maximum absolute atomic E-state index is 12.0. The second-order valence-corrected chi connectivity index (χ2v) is 6.07. The summed E-state index contributed by atoms with van der Waals surface area (Å²) < 4.78 is 0. The zero-order valence-corrected chi connectivity index (χ0v) is 11.8. The first-order valence-electron chi connectivity index (χ1n) is 6.93. The summed E-state index contributed by atoms with van der Waals surface area (Å²) in [5.41, 5.74) is 0.220. The highest BCUT2D eigenvalue weighted by molar-refractivity contribution is 5.78. The van der Waals surface area contributed by atoms with Crippen LogP contribution in [0.3, 0.4) is 0 Å². The second kappa shape index (κ2) is 6.39. The smallest absolute Gasteiger partial charge is 0.223 e. The molecule has 1 rings (SSSR count). The molecule has 0 aromatic rings. The van der Waals surface area contributed by atoms with Crippen molar-refractivity contribution in [3.63, 3.8) is 0 Å². The highest BCUT2D eigenvalue weighted by Crippen LogP contribution is 2.25. The molecule has 0 radical (unpaired) electrons. The maximum atomic E-state index is 12.0. The number of carbonyl (C=O) groups is 1. The predicted molar refractivity (Wildman–Crippen MR) is 71.9 cm³/mol. The molecule has 1 aliphatic carbocycles. The highest BCUT2D eigenvalue weighted by atomic mass is 16.1. The SMILES string of the molecule is CCC(C)(C)CNC(=O)C1CCC(NC)CC1. The Hall–Kier alpha value is -0.570. The van der Waals surface area contributed by atoms with Crippen molar-refractivity contribution in [2.24, 2.45) is 11.3 Å². The van der Waals surface area contributed by atoms with Crippen LogP contribution < -0.4 is 10.6 Å². The van der Waals surface area contributed by atoms with Crippen LogP contribution >= 0.6 is 0 Å². The van der Waals surface area contributed by atoms with E-state index in [1.54, 1.807) is 0 Å². The van der Waals surface area contributed by atoms with Gasteiger partial charge < -0.3 is 10.6 Å². The molecule has 0 saturated heterocycles. The van der Waals surface area contributed by atoms with Crippen molar-refractivity contribution in [2.75, 3.05) is 13.6 Å². The fourth-order valence-corrected chi connectivity index (χ4v) is 2.24. The van der Waals surface area contributed by atoms with Crippen molar-refractivity contribution in [2.45, 2.75) is 58.9 Å². The van der Waals surface area contributed by atoms with Crippen molar-refractivity contribution in [1.82, 2.24) is 10.6 Å². The minimum Gasteiger partial charge on any atom is -0.355 e. The molecule has 1 saturated carbocycles. The van der Waals surface area contributed by atoms with Gasteiger partial charge in [0.15, 0.2) is 0 Å². The average Bonchev–Trinajstić information content (AvgIpc) is 2.36. The molecule has 0 atom stereocenters. The molecular weight excluding hydrogens is 212 g/mol. The molecule has 0 aliphatic heterocycles. The first kappa shape index (κ1) is 14.5. The lowest BCUT2D eigenvalue weighted by Crippen LogP contribution is -2.40. The topological polar surface area (TPSA) is 41.1 Å². The van der Waals surface area contributed by atoms with E-state index in [4.69, 9.17) is 0 Å². The van der Waals surface area contributed by atoms with E-state index in [0.29, 0.717) is 6.04 Å². The maximum Gasteiger partial charge on any atom is 0.223 e. The van der Waals surface area contributed by atoms with Gasteiger partial charge in [-0.15, -0.1) is 0 Å². The Balaban J connectivity index is 2.30. The Bertz CT molecular complexity index is 243. The van der Waals surface area contributed by atoms with Gasteiger partial charge in [-0.3, -0.25) is 4.79 Å². The molecule has 17 heavy (non-hydrogen) atoms. The normalized spacial score (nSPS) is 25.6. The van der Waals surface area contributed by atoms with E-state index < -0.39 is 0 Å². The summed E-state index contributed by atoms with van der Waals surface area (Å²) in [6, 6.07) is 0.617. The van der Waals surface area contributed by atoms with Gasteiger partial charge >= 0.3 is 0 Å². The van der Waals surface area contributed by atoms with E-state index in [1.165, 1.54) is 0 Å². The van der Waals surface area contributed by atoms with Crippen molar-refractivity contribution < 1.29 is 4.79 Å². The van der Waals surface area contributed by atoms with Gasteiger partial charge in [0.25, 0.3) is 0 Å². The van der Waals surface area contributed by atoms with Crippen LogP contribution in [0.1, 0.15) is 52.9 Å². The van der Waals surface area contributed by atoms with E-state index in [-0.39, 0.29) is 17.2 Å². The van der Waals surface area contributed by atoms with Crippen LogP contribution in [0.2, 0.25) is 0 Å².